The molecule has 0 aliphatic rings. The molecule has 0 aliphatic heterocycles. The molecule has 0 bridgehead atoms. The van der Waals surface area contributed by atoms with Gasteiger partial charge >= 0.3 is 0 Å². The van der Waals surface area contributed by atoms with Crippen molar-refractivity contribution in [3.63, 3.8) is 0 Å². The Hall–Kier alpha value is -2.48. The average Bonchev–Trinajstić information content (AvgIpc) is 2.61. The molecule has 2 rings (SSSR count). The van der Waals surface area contributed by atoms with Crippen LogP contribution < -0.4 is 10.1 Å². The number of hydrogen-bond acceptors (Lipinski definition) is 5. The molecule has 2 aromatic rings. The van der Waals surface area contributed by atoms with E-state index in [0.717, 1.165) is 35.4 Å². The van der Waals surface area contributed by atoms with Gasteiger partial charge in [0.1, 0.15) is 16.8 Å². The highest BCUT2D eigenvalue weighted by molar-refractivity contribution is 7.92. The first-order valence-corrected chi connectivity index (χ1v) is 9.49. The normalized spacial score (nSPS) is 12.5. The minimum atomic E-state index is -3.91. The predicted octanol–water partition coefficient (Wildman–Crippen LogP) is 2.32. The summed E-state index contributed by atoms with van der Waals surface area (Å²) in [6.07, 6.45) is 1.63. The number of aromatic nitrogens is 1. The molecule has 1 amide bonds. The van der Waals surface area contributed by atoms with Crippen LogP contribution in [0.5, 0.6) is 5.75 Å². The quantitative estimate of drug-likeness (QED) is 0.778. The van der Waals surface area contributed by atoms with Crippen LogP contribution in [0.15, 0.2) is 35.4 Å². The third-order valence-corrected chi connectivity index (χ3v) is 6.23. The summed E-state index contributed by atoms with van der Waals surface area (Å²) in [5.74, 6) is -0.526. The Bertz CT molecular complexity index is 912. The van der Waals surface area contributed by atoms with Crippen LogP contribution in [0.2, 0.25) is 0 Å². The van der Waals surface area contributed by atoms with Gasteiger partial charge in [-0.2, -0.15) is 0 Å². The first-order valence-electron chi connectivity index (χ1n) is 7.94. The van der Waals surface area contributed by atoms with Crippen LogP contribution >= 0.6 is 0 Å². The summed E-state index contributed by atoms with van der Waals surface area (Å²) in [5.41, 5.74) is 2.24. The Morgan fingerprint density at radius 3 is 2.46 bits per heavy atom. The van der Waals surface area contributed by atoms with Crippen LogP contribution in [-0.2, 0) is 21.2 Å². The van der Waals surface area contributed by atoms with Crippen molar-refractivity contribution >= 4 is 15.7 Å². The fourth-order valence-corrected chi connectivity index (χ4v) is 3.82. The van der Waals surface area contributed by atoms with E-state index in [1.54, 1.807) is 13.3 Å². The summed E-state index contributed by atoms with van der Waals surface area (Å²) < 4.78 is 43.3. The van der Waals surface area contributed by atoms with Gasteiger partial charge in [0.15, 0.2) is 9.84 Å². The van der Waals surface area contributed by atoms with Gasteiger partial charge in [-0.05, 0) is 45.0 Å². The second-order valence-electron chi connectivity index (χ2n) is 5.91. The standard InChI is InChI=1S/C18H21FN2O4S/c1-11-9-20-16(12(2)17(11)25-4)10-21-18(22)13(3)26(23,24)15-7-5-14(19)6-8-15/h5-9,13H,10H2,1-4H3,(H,21,22). The van der Waals surface area contributed by atoms with E-state index in [2.05, 4.69) is 10.3 Å². The van der Waals surface area contributed by atoms with E-state index in [1.165, 1.54) is 6.92 Å². The maximum Gasteiger partial charge on any atom is 0.238 e. The molecule has 140 valence electrons. The van der Waals surface area contributed by atoms with Gasteiger partial charge in [-0.15, -0.1) is 0 Å². The van der Waals surface area contributed by atoms with Crippen LogP contribution in [0.3, 0.4) is 0 Å². The molecule has 0 saturated carbocycles. The van der Waals surface area contributed by atoms with E-state index in [4.69, 9.17) is 4.74 Å². The summed E-state index contributed by atoms with van der Waals surface area (Å²) in [7, 11) is -2.36. The zero-order valence-electron chi connectivity index (χ0n) is 15.0. The smallest absolute Gasteiger partial charge is 0.238 e. The highest BCUT2D eigenvalue weighted by atomic mass is 32.2. The number of benzene rings is 1. The zero-order chi connectivity index (χ0) is 19.5. The van der Waals surface area contributed by atoms with Crippen molar-refractivity contribution in [2.75, 3.05) is 7.11 Å². The number of sulfone groups is 1. The van der Waals surface area contributed by atoms with Crippen molar-refractivity contribution in [2.45, 2.75) is 37.5 Å². The summed E-state index contributed by atoms with van der Waals surface area (Å²) in [4.78, 5) is 16.5. The molecule has 1 heterocycles. The number of nitrogens with one attached hydrogen (secondary N) is 1. The number of methoxy groups -OCH3 is 1. The molecule has 1 aromatic heterocycles. The largest absolute Gasteiger partial charge is 0.496 e. The lowest BCUT2D eigenvalue weighted by molar-refractivity contribution is -0.120. The van der Waals surface area contributed by atoms with Gasteiger partial charge in [-0.1, -0.05) is 0 Å². The molecule has 1 unspecified atom stereocenters. The number of amides is 1. The van der Waals surface area contributed by atoms with Gasteiger partial charge in [-0.3, -0.25) is 9.78 Å². The van der Waals surface area contributed by atoms with E-state index in [1.807, 2.05) is 13.8 Å². The van der Waals surface area contributed by atoms with Crippen molar-refractivity contribution in [3.05, 3.63) is 53.1 Å². The van der Waals surface area contributed by atoms with Crippen molar-refractivity contribution in [1.29, 1.82) is 0 Å². The summed E-state index contributed by atoms with van der Waals surface area (Å²) >= 11 is 0. The number of pyridine rings is 1. The van der Waals surface area contributed by atoms with E-state index in [-0.39, 0.29) is 11.4 Å². The Morgan fingerprint density at radius 1 is 1.27 bits per heavy atom. The topological polar surface area (TPSA) is 85.4 Å². The van der Waals surface area contributed by atoms with Gasteiger partial charge < -0.3 is 10.1 Å². The molecule has 1 atom stereocenters. The first-order chi connectivity index (χ1) is 12.2. The van der Waals surface area contributed by atoms with Gasteiger partial charge in [0, 0.05) is 17.3 Å². The molecule has 0 spiro atoms. The molecule has 0 fully saturated rings. The van der Waals surface area contributed by atoms with Crippen LogP contribution in [-0.4, -0.2) is 31.7 Å². The number of rotatable bonds is 6. The molecule has 0 aliphatic carbocycles. The number of aryl methyl sites for hydroxylation is 1. The highest BCUT2D eigenvalue weighted by Crippen LogP contribution is 2.24. The number of ether oxygens (including phenoxy) is 1. The van der Waals surface area contributed by atoms with Crippen LogP contribution in [0.4, 0.5) is 4.39 Å². The first kappa shape index (κ1) is 19.8. The third-order valence-electron chi connectivity index (χ3n) is 4.16. The average molecular weight is 380 g/mol. The second-order valence-corrected chi connectivity index (χ2v) is 8.17. The van der Waals surface area contributed by atoms with E-state index in [0.29, 0.717) is 11.4 Å². The Morgan fingerprint density at radius 2 is 1.88 bits per heavy atom. The maximum atomic E-state index is 13.0. The van der Waals surface area contributed by atoms with Crippen molar-refractivity contribution in [2.24, 2.45) is 0 Å². The zero-order valence-corrected chi connectivity index (χ0v) is 15.9. The molecule has 26 heavy (non-hydrogen) atoms. The lowest BCUT2D eigenvalue weighted by Gasteiger charge is -2.15. The van der Waals surface area contributed by atoms with Crippen LogP contribution in [0, 0.1) is 19.7 Å². The second kappa shape index (κ2) is 7.82. The van der Waals surface area contributed by atoms with Gasteiger partial charge in [0.2, 0.25) is 5.91 Å². The number of carbonyl (C=O) groups excluding carboxylic acids is 1. The SMILES string of the molecule is COc1c(C)cnc(CNC(=O)C(C)S(=O)(=O)c2ccc(F)cc2)c1C. The molecule has 6 nitrogen and oxygen atoms in total. The third kappa shape index (κ3) is 4.01. The summed E-state index contributed by atoms with van der Waals surface area (Å²) in [6, 6.07) is 4.38. The van der Waals surface area contributed by atoms with E-state index < -0.39 is 26.8 Å². The Balaban J connectivity index is 2.14. The van der Waals surface area contributed by atoms with Gasteiger partial charge in [0.25, 0.3) is 0 Å². The molecule has 8 heteroatoms. The van der Waals surface area contributed by atoms with Gasteiger partial charge in [0.05, 0.1) is 24.2 Å². The fourth-order valence-electron chi connectivity index (χ4n) is 2.53. The molecule has 0 saturated heterocycles. The summed E-state index contributed by atoms with van der Waals surface area (Å²) in [5, 5.41) is 1.27. The Kier molecular flexibility index (Phi) is 5.97. The molecule has 0 radical (unpaired) electrons. The van der Waals surface area contributed by atoms with Crippen LogP contribution in [0.1, 0.15) is 23.7 Å². The predicted molar refractivity (Wildman–Crippen MR) is 95.2 cm³/mol. The highest BCUT2D eigenvalue weighted by Gasteiger charge is 2.29. The van der Waals surface area contributed by atoms with Crippen molar-refractivity contribution in [1.82, 2.24) is 10.3 Å². The molecule has 1 aromatic carbocycles. The fraction of sp³-hybridized carbons (Fsp3) is 0.333. The van der Waals surface area contributed by atoms with Crippen LogP contribution in [0.25, 0.3) is 0 Å². The number of halogens is 1. The van der Waals surface area contributed by atoms with Crippen molar-refractivity contribution in [3.8, 4) is 5.75 Å². The van der Waals surface area contributed by atoms with Gasteiger partial charge in [-0.25, -0.2) is 12.8 Å². The maximum absolute atomic E-state index is 13.0. The van der Waals surface area contributed by atoms with Crippen molar-refractivity contribution < 1.29 is 22.3 Å². The molecular formula is C18H21FN2O4S. The molecule has 1 N–H and O–H groups in total. The minimum Gasteiger partial charge on any atom is -0.496 e. The number of nitrogens with zero attached hydrogens (tertiary/aromatic N) is 1. The van der Waals surface area contributed by atoms with E-state index in [9.17, 15) is 17.6 Å². The summed E-state index contributed by atoms with van der Waals surface area (Å²) in [6.45, 7) is 5.05. The lowest BCUT2D eigenvalue weighted by Crippen LogP contribution is -2.37. The van der Waals surface area contributed by atoms with E-state index >= 15 is 0 Å². The Labute approximate surface area is 152 Å². The number of hydrogen-bond donors (Lipinski definition) is 1. The molecular weight excluding hydrogens is 359 g/mol. The number of carbonyl (C=O) groups is 1. The monoisotopic (exact) mass is 380 g/mol. The lowest BCUT2D eigenvalue weighted by atomic mass is 10.1. The minimum absolute atomic E-state index is 0.0740.